The molecule has 3 atom stereocenters. The van der Waals surface area contributed by atoms with E-state index in [0.29, 0.717) is 12.0 Å². The topological polar surface area (TPSA) is 12.0 Å². The van der Waals surface area contributed by atoms with Crippen LogP contribution in [-0.4, -0.2) is 6.54 Å². The minimum Gasteiger partial charge on any atom is -0.310 e. The van der Waals surface area contributed by atoms with E-state index in [1.807, 2.05) is 6.07 Å². The number of nitrogens with one attached hydrogen (secondary N) is 1. The fourth-order valence-corrected chi connectivity index (χ4v) is 3.38. The van der Waals surface area contributed by atoms with E-state index in [1.165, 1.54) is 17.5 Å². The first-order chi connectivity index (χ1) is 6.79. The van der Waals surface area contributed by atoms with Crippen LogP contribution in [0, 0.1) is 5.92 Å². The third-order valence-corrected chi connectivity index (χ3v) is 4.11. The molecule has 14 heavy (non-hydrogen) atoms. The Bertz CT molecular complexity index is 375. The van der Waals surface area contributed by atoms with Crippen molar-refractivity contribution in [1.82, 2.24) is 5.32 Å². The third kappa shape index (κ3) is 0.999. The van der Waals surface area contributed by atoms with Crippen LogP contribution < -0.4 is 5.32 Å². The number of piperidine rings is 1. The molecule has 2 heteroatoms. The Balaban J connectivity index is 2.21. The van der Waals surface area contributed by atoms with Gasteiger partial charge in [-0.1, -0.05) is 30.7 Å². The van der Waals surface area contributed by atoms with Crippen LogP contribution in [0.3, 0.4) is 0 Å². The largest absolute Gasteiger partial charge is 0.310 e. The Labute approximate surface area is 89.5 Å². The van der Waals surface area contributed by atoms with E-state index in [0.717, 1.165) is 17.5 Å². The second-order valence-electron chi connectivity index (χ2n) is 4.43. The van der Waals surface area contributed by atoms with E-state index in [1.54, 1.807) is 0 Å². The molecule has 1 saturated heterocycles. The van der Waals surface area contributed by atoms with E-state index in [9.17, 15) is 0 Å². The molecule has 3 rings (SSSR count). The summed E-state index contributed by atoms with van der Waals surface area (Å²) >= 11 is 6.26. The van der Waals surface area contributed by atoms with E-state index >= 15 is 0 Å². The van der Waals surface area contributed by atoms with Crippen molar-refractivity contribution in [3.8, 4) is 0 Å². The van der Waals surface area contributed by atoms with Crippen molar-refractivity contribution >= 4 is 11.6 Å². The highest BCUT2D eigenvalue weighted by molar-refractivity contribution is 6.31. The lowest BCUT2D eigenvalue weighted by Crippen LogP contribution is -2.31. The van der Waals surface area contributed by atoms with E-state index in [4.69, 9.17) is 11.6 Å². The molecule has 0 radical (unpaired) electrons. The van der Waals surface area contributed by atoms with Crippen molar-refractivity contribution < 1.29 is 0 Å². The van der Waals surface area contributed by atoms with Crippen LogP contribution in [0.5, 0.6) is 0 Å². The highest BCUT2D eigenvalue weighted by Gasteiger charge is 2.41. The number of benzene rings is 1. The van der Waals surface area contributed by atoms with Crippen molar-refractivity contribution in [2.75, 3.05) is 6.54 Å². The van der Waals surface area contributed by atoms with Gasteiger partial charge in [0.25, 0.3) is 0 Å². The molecule has 1 N–H and O–H groups in total. The minimum atomic E-state index is 0.498. The highest BCUT2D eigenvalue weighted by atomic mass is 35.5. The van der Waals surface area contributed by atoms with Gasteiger partial charge in [0.05, 0.1) is 0 Å². The van der Waals surface area contributed by atoms with E-state index < -0.39 is 0 Å². The second-order valence-corrected chi connectivity index (χ2v) is 4.84. The normalized spacial score (nSPS) is 34.3. The SMILES string of the molecule is C[C@H]1C2CCNC1c1c(Cl)cccc12. The van der Waals surface area contributed by atoms with Gasteiger partial charge in [0.1, 0.15) is 0 Å². The molecule has 2 bridgehead atoms. The van der Waals surface area contributed by atoms with Gasteiger partial charge in [-0.2, -0.15) is 0 Å². The molecule has 1 nitrogen and oxygen atoms in total. The summed E-state index contributed by atoms with van der Waals surface area (Å²) in [5, 5.41) is 4.51. The maximum absolute atomic E-state index is 6.26. The number of hydrogen-bond acceptors (Lipinski definition) is 1. The van der Waals surface area contributed by atoms with E-state index in [-0.39, 0.29) is 0 Å². The minimum absolute atomic E-state index is 0.498. The van der Waals surface area contributed by atoms with Crippen LogP contribution in [0.4, 0.5) is 0 Å². The molecular weight excluding hydrogens is 194 g/mol. The lowest BCUT2D eigenvalue weighted by Gasteiger charge is -2.28. The second kappa shape index (κ2) is 2.98. The summed E-state index contributed by atoms with van der Waals surface area (Å²) in [5.74, 6) is 1.44. The molecule has 1 heterocycles. The molecule has 74 valence electrons. The monoisotopic (exact) mass is 207 g/mol. The summed E-state index contributed by atoms with van der Waals surface area (Å²) in [4.78, 5) is 0. The Morgan fingerprint density at radius 1 is 1.43 bits per heavy atom. The molecule has 1 aliphatic carbocycles. The molecule has 0 amide bonds. The summed E-state index contributed by atoms with van der Waals surface area (Å²) < 4.78 is 0. The molecule has 1 aromatic rings. The Hall–Kier alpha value is -0.530. The van der Waals surface area contributed by atoms with Crippen LogP contribution >= 0.6 is 11.6 Å². The Morgan fingerprint density at radius 2 is 2.29 bits per heavy atom. The zero-order chi connectivity index (χ0) is 9.71. The van der Waals surface area contributed by atoms with Crippen LogP contribution in [0.2, 0.25) is 5.02 Å². The zero-order valence-electron chi connectivity index (χ0n) is 8.26. The van der Waals surface area contributed by atoms with E-state index in [2.05, 4.69) is 24.4 Å². The van der Waals surface area contributed by atoms with Crippen molar-refractivity contribution in [2.24, 2.45) is 5.92 Å². The van der Waals surface area contributed by atoms with Gasteiger partial charge >= 0.3 is 0 Å². The van der Waals surface area contributed by atoms with Gasteiger partial charge in [-0.25, -0.2) is 0 Å². The first-order valence-electron chi connectivity index (χ1n) is 5.30. The third-order valence-electron chi connectivity index (χ3n) is 3.78. The van der Waals surface area contributed by atoms with Gasteiger partial charge < -0.3 is 5.32 Å². The van der Waals surface area contributed by atoms with Crippen LogP contribution in [-0.2, 0) is 0 Å². The number of hydrogen-bond donors (Lipinski definition) is 1. The summed E-state index contributed by atoms with van der Waals surface area (Å²) in [5.41, 5.74) is 2.85. The zero-order valence-corrected chi connectivity index (χ0v) is 9.01. The smallest absolute Gasteiger partial charge is 0.0456 e. The standard InChI is InChI=1S/C12H14ClN/c1-7-8-5-6-14-12(7)11-9(8)3-2-4-10(11)13/h2-4,7-8,12,14H,5-6H2,1H3/t7-,8?,12?/m0/s1. The van der Waals surface area contributed by atoms with Gasteiger partial charge in [0.15, 0.2) is 0 Å². The molecule has 1 aliphatic heterocycles. The number of rotatable bonds is 0. The predicted molar refractivity (Wildman–Crippen MR) is 58.7 cm³/mol. The van der Waals surface area contributed by atoms with Crippen molar-refractivity contribution in [1.29, 1.82) is 0 Å². The number of halogens is 1. The van der Waals surface area contributed by atoms with Crippen molar-refractivity contribution in [3.63, 3.8) is 0 Å². The average molecular weight is 208 g/mol. The lowest BCUT2D eigenvalue weighted by molar-refractivity contribution is 0.300. The summed E-state index contributed by atoms with van der Waals surface area (Å²) in [6.07, 6.45) is 1.25. The number of fused-ring (bicyclic) bond motifs is 5. The summed E-state index contributed by atoms with van der Waals surface area (Å²) in [6.45, 7) is 3.46. The van der Waals surface area contributed by atoms with Gasteiger partial charge in [0, 0.05) is 11.1 Å². The maximum Gasteiger partial charge on any atom is 0.0456 e. The molecular formula is C12H14ClN. The lowest BCUT2D eigenvalue weighted by atomic mass is 9.87. The molecule has 0 spiro atoms. The summed E-state index contributed by atoms with van der Waals surface area (Å²) in [7, 11) is 0. The molecule has 1 fully saturated rings. The Morgan fingerprint density at radius 3 is 3.14 bits per heavy atom. The average Bonchev–Trinajstić information content (AvgIpc) is 2.35. The van der Waals surface area contributed by atoms with Crippen molar-refractivity contribution in [3.05, 3.63) is 34.3 Å². The molecule has 1 aromatic carbocycles. The van der Waals surface area contributed by atoms with Gasteiger partial charge in [0.2, 0.25) is 0 Å². The first kappa shape index (κ1) is 8.75. The van der Waals surface area contributed by atoms with Crippen LogP contribution in [0.1, 0.15) is 36.4 Å². The fourth-order valence-electron chi connectivity index (χ4n) is 3.08. The summed E-state index contributed by atoms with van der Waals surface area (Å²) in [6, 6.07) is 6.83. The first-order valence-corrected chi connectivity index (χ1v) is 5.68. The molecule has 2 aliphatic rings. The maximum atomic E-state index is 6.26. The van der Waals surface area contributed by atoms with Crippen LogP contribution in [0.15, 0.2) is 18.2 Å². The van der Waals surface area contributed by atoms with Gasteiger partial charge in [-0.15, -0.1) is 0 Å². The molecule has 2 unspecified atom stereocenters. The van der Waals surface area contributed by atoms with Crippen molar-refractivity contribution in [2.45, 2.75) is 25.3 Å². The van der Waals surface area contributed by atoms with Gasteiger partial charge in [-0.05, 0) is 42.0 Å². The van der Waals surface area contributed by atoms with Gasteiger partial charge in [-0.3, -0.25) is 0 Å². The Kier molecular flexibility index (Phi) is 1.86. The fraction of sp³-hybridized carbons (Fsp3) is 0.500. The quantitative estimate of drug-likeness (QED) is 0.690. The highest BCUT2D eigenvalue weighted by Crippen LogP contribution is 2.51. The molecule has 0 aromatic heterocycles. The molecule has 0 saturated carbocycles. The predicted octanol–water partition coefficient (Wildman–Crippen LogP) is 3.11. The van der Waals surface area contributed by atoms with Crippen LogP contribution in [0.25, 0.3) is 0 Å².